The standard InChI is InChI=1S/C25H14N2O8/c28-21-13-5-1-2-6-14(13)22(29)19-17(21)9-10-18(20(19)27(33)34)25(32)35-12-11-26-23(30)15-7-3-4-8-16(15)24(26)31/h1-10H,11-12H2. The molecule has 2 amide bonds. The van der Waals surface area contributed by atoms with Crippen molar-refractivity contribution < 1.29 is 33.6 Å². The molecule has 10 nitrogen and oxygen atoms in total. The topological polar surface area (TPSA) is 141 Å². The highest BCUT2D eigenvalue weighted by molar-refractivity contribution is 6.30. The predicted molar refractivity (Wildman–Crippen MR) is 118 cm³/mol. The Morgan fingerprint density at radius 1 is 0.771 bits per heavy atom. The van der Waals surface area contributed by atoms with Gasteiger partial charge in [-0.2, -0.15) is 0 Å². The van der Waals surface area contributed by atoms with Crippen molar-refractivity contribution in [1.29, 1.82) is 0 Å². The van der Waals surface area contributed by atoms with E-state index in [-0.39, 0.29) is 34.4 Å². The summed E-state index contributed by atoms with van der Waals surface area (Å²) in [5, 5.41) is 11.9. The van der Waals surface area contributed by atoms with Crippen LogP contribution in [0.2, 0.25) is 0 Å². The average molecular weight is 470 g/mol. The molecule has 0 unspecified atom stereocenters. The third kappa shape index (κ3) is 3.31. The Balaban J connectivity index is 1.40. The van der Waals surface area contributed by atoms with Crippen molar-refractivity contribution in [2.75, 3.05) is 13.2 Å². The molecule has 0 aromatic heterocycles. The first-order valence-corrected chi connectivity index (χ1v) is 10.4. The quantitative estimate of drug-likeness (QED) is 0.188. The lowest BCUT2D eigenvalue weighted by molar-refractivity contribution is -0.385. The van der Waals surface area contributed by atoms with Gasteiger partial charge in [0.05, 0.1) is 22.6 Å². The van der Waals surface area contributed by atoms with Crippen LogP contribution in [0.15, 0.2) is 60.7 Å². The van der Waals surface area contributed by atoms with E-state index >= 15 is 0 Å². The summed E-state index contributed by atoms with van der Waals surface area (Å²) in [7, 11) is 0. The van der Waals surface area contributed by atoms with E-state index in [9.17, 15) is 34.1 Å². The van der Waals surface area contributed by atoms with Crippen LogP contribution in [0.5, 0.6) is 0 Å². The van der Waals surface area contributed by atoms with Crippen LogP contribution in [0, 0.1) is 10.1 Å². The van der Waals surface area contributed by atoms with Gasteiger partial charge in [0.25, 0.3) is 17.5 Å². The van der Waals surface area contributed by atoms with Crippen LogP contribution in [0.1, 0.15) is 62.9 Å². The number of ketones is 2. The summed E-state index contributed by atoms with van der Waals surface area (Å²) in [6.07, 6.45) is 0. The molecule has 0 fully saturated rings. The van der Waals surface area contributed by atoms with E-state index in [1.165, 1.54) is 36.4 Å². The number of hydrogen-bond acceptors (Lipinski definition) is 8. The van der Waals surface area contributed by atoms with E-state index in [2.05, 4.69) is 0 Å². The fourth-order valence-electron chi connectivity index (χ4n) is 4.27. The largest absolute Gasteiger partial charge is 0.460 e. The fraction of sp³-hybridized carbons (Fsp3) is 0.0800. The highest BCUT2D eigenvalue weighted by Gasteiger charge is 2.39. The number of hydrogen-bond donors (Lipinski definition) is 0. The monoisotopic (exact) mass is 470 g/mol. The Hall–Kier alpha value is -4.99. The predicted octanol–water partition coefficient (Wildman–Crippen LogP) is 2.82. The van der Waals surface area contributed by atoms with Crippen molar-refractivity contribution in [3.63, 3.8) is 0 Å². The third-order valence-corrected chi connectivity index (χ3v) is 5.89. The second-order valence-electron chi connectivity index (χ2n) is 7.79. The first kappa shape index (κ1) is 21.8. The molecule has 172 valence electrons. The number of amides is 2. The second kappa shape index (κ2) is 8.10. The minimum Gasteiger partial charge on any atom is -0.460 e. The summed E-state index contributed by atoms with van der Waals surface area (Å²) in [5.74, 6) is -3.52. The summed E-state index contributed by atoms with van der Waals surface area (Å²) in [6.45, 7) is -0.685. The van der Waals surface area contributed by atoms with Crippen LogP contribution >= 0.6 is 0 Å². The van der Waals surface area contributed by atoms with Gasteiger partial charge in [0.15, 0.2) is 5.78 Å². The van der Waals surface area contributed by atoms with Gasteiger partial charge in [-0.15, -0.1) is 0 Å². The van der Waals surface area contributed by atoms with Gasteiger partial charge in [-0.1, -0.05) is 36.4 Å². The zero-order valence-electron chi connectivity index (χ0n) is 17.8. The van der Waals surface area contributed by atoms with Crippen LogP contribution in [0.3, 0.4) is 0 Å². The van der Waals surface area contributed by atoms with Gasteiger partial charge >= 0.3 is 5.97 Å². The first-order valence-electron chi connectivity index (χ1n) is 10.4. The molecule has 0 radical (unpaired) electrons. The highest BCUT2D eigenvalue weighted by Crippen LogP contribution is 2.35. The fourth-order valence-corrected chi connectivity index (χ4v) is 4.27. The molecule has 35 heavy (non-hydrogen) atoms. The number of nitro benzene ring substituents is 1. The summed E-state index contributed by atoms with van der Waals surface area (Å²) < 4.78 is 5.11. The van der Waals surface area contributed by atoms with E-state index in [1.807, 2.05) is 0 Å². The molecular weight excluding hydrogens is 456 g/mol. The molecule has 0 bridgehead atoms. The Morgan fingerprint density at radius 3 is 1.89 bits per heavy atom. The van der Waals surface area contributed by atoms with Crippen molar-refractivity contribution in [2.45, 2.75) is 0 Å². The molecule has 2 aliphatic rings. The number of esters is 1. The molecule has 3 aromatic rings. The number of ether oxygens (including phenoxy) is 1. The van der Waals surface area contributed by atoms with Crippen molar-refractivity contribution in [3.8, 4) is 0 Å². The van der Waals surface area contributed by atoms with Gasteiger partial charge in [-0.3, -0.25) is 34.2 Å². The number of benzene rings is 3. The third-order valence-electron chi connectivity index (χ3n) is 5.89. The maximum Gasteiger partial charge on any atom is 0.345 e. The molecule has 1 aliphatic heterocycles. The van der Waals surface area contributed by atoms with Crippen LogP contribution in [-0.2, 0) is 4.74 Å². The Labute approximate surface area is 196 Å². The van der Waals surface area contributed by atoms with Crippen LogP contribution in [0.25, 0.3) is 0 Å². The van der Waals surface area contributed by atoms with E-state index in [0.29, 0.717) is 0 Å². The molecule has 0 N–H and O–H groups in total. The number of nitrogens with zero attached hydrogens (tertiary/aromatic N) is 2. The van der Waals surface area contributed by atoms with Crippen molar-refractivity contribution in [1.82, 2.24) is 4.90 Å². The van der Waals surface area contributed by atoms with Crippen molar-refractivity contribution >= 4 is 35.0 Å². The molecule has 1 aliphatic carbocycles. The van der Waals surface area contributed by atoms with Gasteiger partial charge in [0, 0.05) is 16.7 Å². The van der Waals surface area contributed by atoms with E-state index in [1.54, 1.807) is 18.2 Å². The molecule has 0 saturated heterocycles. The number of nitro groups is 1. The van der Waals surface area contributed by atoms with Gasteiger partial charge in [-0.25, -0.2) is 4.79 Å². The minimum absolute atomic E-state index is 0.00393. The van der Waals surface area contributed by atoms with Gasteiger partial charge < -0.3 is 4.74 Å². The zero-order chi connectivity index (χ0) is 24.9. The lowest BCUT2D eigenvalue weighted by atomic mass is 9.82. The molecule has 5 rings (SSSR count). The molecule has 3 aromatic carbocycles. The van der Waals surface area contributed by atoms with Crippen LogP contribution in [0.4, 0.5) is 5.69 Å². The maximum absolute atomic E-state index is 13.0. The van der Waals surface area contributed by atoms with Crippen LogP contribution in [-0.4, -0.2) is 52.3 Å². The first-order chi connectivity index (χ1) is 16.8. The maximum atomic E-state index is 13.0. The second-order valence-corrected chi connectivity index (χ2v) is 7.79. The normalized spacial score (nSPS) is 13.9. The Kier molecular flexibility index (Phi) is 5.05. The lowest BCUT2D eigenvalue weighted by Crippen LogP contribution is -2.33. The molecule has 10 heteroatoms. The van der Waals surface area contributed by atoms with E-state index in [4.69, 9.17) is 4.74 Å². The number of rotatable bonds is 5. The number of carbonyl (C=O) groups excluding carboxylic acids is 5. The Bertz CT molecular complexity index is 1470. The van der Waals surface area contributed by atoms with E-state index in [0.717, 1.165) is 11.0 Å². The summed E-state index contributed by atoms with van der Waals surface area (Å²) in [4.78, 5) is 75.4. The van der Waals surface area contributed by atoms with Gasteiger partial charge in [0.1, 0.15) is 17.7 Å². The number of fused-ring (bicyclic) bond motifs is 3. The number of carbonyl (C=O) groups is 5. The molecular formula is C25H14N2O8. The smallest absolute Gasteiger partial charge is 0.345 e. The zero-order valence-corrected chi connectivity index (χ0v) is 17.8. The number of imide groups is 1. The minimum atomic E-state index is -1.13. The summed E-state index contributed by atoms with van der Waals surface area (Å²) >= 11 is 0. The lowest BCUT2D eigenvalue weighted by Gasteiger charge is -2.18. The van der Waals surface area contributed by atoms with Crippen LogP contribution < -0.4 is 0 Å². The summed E-state index contributed by atoms with van der Waals surface area (Å²) in [6, 6.07) is 14.4. The van der Waals surface area contributed by atoms with Crippen molar-refractivity contribution in [2.24, 2.45) is 0 Å². The molecule has 1 heterocycles. The molecule has 0 spiro atoms. The molecule has 0 atom stereocenters. The Morgan fingerprint density at radius 2 is 1.31 bits per heavy atom. The summed E-state index contributed by atoms with van der Waals surface area (Å²) in [5.41, 5.74) is -1.41. The highest BCUT2D eigenvalue weighted by atomic mass is 16.6. The SMILES string of the molecule is O=C1c2ccccc2C(=O)c2c1ccc(C(=O)OCCN1C(=O)c3ccccc3C1=O)c2[N+](=O)[O-]. The molecule has 0 saturated carbocycles. The van der Waals surface area contributed by atoms with E-state index < -0.39 is 57.7 Å². The average Bonchev–Trinajstić information content (AvgIpc) is 3.11. The van der Waals surface area contributed by atoms with Gasteiger partial charge in [-0.05, 0) is 24.3 Å². The van der Waals surface area contributed by atoms with Gasteiger partial charge in [0.2, 0.25) is 5.78 Å². The van der Waals surface area contributed by atoms with Crippen molar-refractivity contribution in [3.05, 3.63) is 110 Å².